The summed E-state index contributed by atoms with van der Waals surface area (Å²) in [5, 5.41) is 17.8. The van der Waals surface area contributed by atoms with E-state index in [1.165, 1.54) is 11.3 Å². The van der Waals surface area contributed by atoms with Gasteiger partial charge in [-0.3, -0.25) is 10.1 Å². The van der Waals surface area contributed by atoms with Gasteiger partial charge >= 0.3 is 6.03 Å². The van der Waals surface area contributed by atoms with Gasteiger partial charge in [-0.15, -0.1) is 10.2 Å². The van der Waals surface area contributed by atoms with Crippen molar-refractivity contribution in [2.45, 2.75) is 33.2 Å². The van der Waals surface area contributed by atoms with Crippen molar-refractivity contribution in [3.8, 4) is 16.3 Å². The van der Waals surface area contributed by atoms with E-state index >= 15 is 0 Å². The summed E-state index contributed by atoms with van der Waals surface area (Å²) < 4.78 is 5.42. The van der Waals surface area contributed by atoms with Gasteiger partial charge in [0.1, 0.15) is 16.8 Å². The standard InChI is InChI=1S/C25H32N6O3S/c1-6-16(3)21(27-24(33)26-18-10-14-20(15-11-18)34-7-2)22(32)28-25-30-29-23(35-25)17-8-12-19(13-9-17)31(4)5/h8-16,21H,6-7H2,1-5H3,(H2,26,27,33)(H,28,30,32). The van der Waals surface area contributed by atoms with Gasteiger partial charge in [-0.25, -0.2) is 4.79 Å². The van der Waals surface area contributed by atoms with Crippen molar-refractivity contribution in [1.29, 1.82) is 0 Å². The van der Waals surface area contributed by atoms with Crippen molar-refractivity contribution in [3.05, 3.63) is 48.5 Å². The highest BCUT2D eigenvalue weighted by Gasteiger charge is 2.27. The molecule has 186 valence electrons. The lowest BCUT2D eigenvalue weighted by Gasteiger charge is -2.23. The molecule has 0 saturated heterocycles. The summed E-state index contributed by atoms with van der Waals surface area (Å²) in [5.41, 5.74) is 2.60. The van der Waals surface area contributed by atoms with Crippen molar-refractivity contribution < 1.29 is 14.3 Å². The minimum absolute atomic E-state index is 0.0907. The number of ether oxygens (including phenoxy) is 1. The maximum atomic E-state index is 13.0. The number of rotatable bonds is 10. The number of nitrogens with zero attached hydrogens (tertiary/aromatic N) is 3. The zero-order valence-corrected chi connectivity index (χ0v) is 21.5. The third kappa shape index (κ3) is 7.16. The molecular formula is C25H32N6O3S. The summed E-state index contributed by atoms with van der Waals surface area (Å²) >= 11 is 1.28. The molecule has 0 radical (unpaired) electrons. The Hall–Kier alpha value is -3.66. The van der Waals surface area contributed by atoms with Crippen molar-refractivity contribution in [3.63, 3.8) is 0 Å². The quantitative estimate of drug-likeness (QED) is 0.370. The maximum Gasteiger partial charge on any atom is 0.319 e. The van der Waals surface area contributed by atoms with Gasteiger partial charge in [0.15, 0.2) is 0 Å². The molecule has 3 N–H and O–H groups in total. The molecule has 0 saturated carbocycles. The molecule has 0 bridgehead atoms. The van der Waals surface area contributed by atoms with Crippen LogP contribution in [0.2, 0.25) is 0 Å². The summed E-state index contributed by atoms with van der Waals surface area (Å²) in [6.07, 6.45) is 0.709. The van der Waals surface area contributed by atoms with E-state index in [1.807, 2.05) is 64.0 Å². The van der Waals surface area contributed by atoms with Crippen molar-refractivity contribution in [1.82, 2.24) is 15.5 Å². The minimum atomic E-state index is -0.741. The molecule has 2 aromatic carbocycles. The van der Waals surface area contributed by atoms with E-state index < -0.39 is 12.1 Å². The maximum absolute atomic E-state index is 13.0. The molecule has 0 aliphatic carbocycles. The third-order valence-corrected chi connectivity index (χ3v) is 6.38. The first-order chi connectivity index (χ1) is 16.8. The zero-order chi connectivity index (χ0) is 25.4. The van der Waals surface area contributed by atoms with Gasteiger partial charge in [0, 0.05) is 31.0 Å². The largest absolute Gasteiger partial charge is 0.494 e. The fourth-order valence-corrected chi connectivity index (χ4v) is 4.04. The molecule has 2 unspecified atom stereocenters. The van der Waals surface area contributed by atoms with Crippen LogP contribution in [-0.2, 0) is 4.79 Å². The summed E-state index contributed by atoms with van der Waals surface area (Å²) in [6, 6.07) is 13.8. The van der Waals surface area contributed by atoms with Gasteiger partial charge in [0.25, 0.3) is 0 Å². The molecule has 3 rings (SSSR count). The first kappa shape index (κ1) is 26.0. The first-order valence-corrected chi connectivity index (χ1v) is 12.3. The summed E-state index contributed by atoms with van der Waals surface area (Å²) in [6.45, 7) is 6.36. The number of aromatic nitrogens is 2. The molecule has 1 heterocycles. The van der Waals surface area contributed by atoms with Crippen molar-refractivity contribution in [2.24, 2.45) is 5.92 Å². The average Bonchev–Trinajstić information content (AvgIpc) is 3.32. The molecule has 3 aromatic rings. The normalized spacial score (nSPS) is 12.4. The number of carbonyl (C=O) groups excluding carboxylic acids is 2. The van der Waals surface area contributed by atoms with Crippen molar-refractivity contribution in [2.75, 3.05) is 36.2 Å². The average molecular weight is 497 g/mol. The summed E-state index contributed by atoms with van der Waals surface area (Å²) in [7, 11) is 3.96. The Morgan fingerprint density at radius 2 is 1.69 bits per heavy atom. The second kappa shape index (κ2) is 12.2. The van der Waals surface area contributed by atoms with Crippen LogP contribution in [0.15, 0.2) is 48.5 Å². The van der Waals surface area contributed by atoms with E-state index in [2.05, 4.69) is 26.1 Å². The van der Waals surface area contributed by atoms with Gasteiger partial charge in [-0.05, 0) is 61.4 Å². The van der Waals surface area contributed by atoms with Crippen LogP contribution in [0.4, 0.5) is 21.3 Å². The first-order valence-electron chi connectivity index (χ1n) is 11.5. The lowest BCUT2D eigenvalue weighted by Crippen LogP contribution is -2.49. The fraction of sp³-hybridized carbons (Fsp3) is 0.360. The SMILES string of the molecule is CCOc1ccc(NC(=O)NC(C(=O)Nc2nnc(-c3ccc(N(C)C)cc3)s2)C(C)CC)cc1. The summed E-state index contributed by atoms with van der Waals surface area (Å²) in [4.78, 5) is 27.7. The predicted molar refractivity (Wildman–Crippen MR) is 141 cm³/mol. The highest BCUT2D eigenvalue weighted by molar-refractivity contribution is 7.18. The summed E-state index contributed by atoms with van der Waals surface area (Å²) in [5.74, 6) is 0.291. The molecule has 0 spiro atoms. The number of carbonyl (C=O) groups is 2. The predicted octanol–water partition coefficient (Wildman–Crippen LogP) is 4.84. The van der Waals surface area contributed by atoms with Crippen LogP contribution in [0.5, 0.6) is 5.75 Å². The van der Waals surface area contributed by atoms with Crippen LogP contribution >= 0.6 is 11.3 Å². The van der Waals surface area contributed by atoms with E-state index in [9.17, 15) is 9.59 Å². The van der Waals surface area contributed by atoms with E-state index in [0.29, 0.717) is 28.9 Å². The molecule has 10 heteroatoms. The highest BCUT2D eigenvalue weighted by atomic mass is 32.1. The molecular weight excluding hydrogens is 464 g/mol. The van der Waals surface area contributed by atoms with E-state index in [0.717, 1.165) is 17.0 Å². The second-order valence-corrected chi connectivity index (χ2v) is 9.24. The number of hydrogen-bond donors (Lipinski definition) is 3. The molecule has 9 nitrogen and oxygen atoms in total. The van der Waals surface area contributed by atoms with Crippen LogP contribution in [-0.4, -0.2) is 48.9 Å². The van der Waals surface area contributed by atoms with Crippen molar-refractivity contribution >= 4 is 39.8 Å². The second-order valence-electron chi connectivity index (χ2n) is 8.26. The topological polar surface area (TPSA) is 108 Å². The zero-order valence-electron chi connectivity index (χ0n) is 20.7. The molecule has 35 heavy (non-hydrogen) atoms. The molecule has 3 amide bonds. The Morgan fingerprint density at radius 1 is 1.00 bits per heavy atom. The monoisotopic (exact) mass is 496 g/mol. The van der Waals surface area contributed by atoms with E-state index in [4.69, 9.17) is 4.74 Å². The fourth-order valence-electron chi connectivity index (χ4n) is 3.29. The van der Waals surface area contributed by atoms with E-state index in [-0.39, 0.29) is 11.8 Å². The Bertz CT molecular complexity index is 1110. The molecule has 1 aromatic heterocycles. The Morgan fingerprint density at radius 3 is 2.29 bits per heavy atom. The van der Waals surface area contributed by atoms with Gasteiger partial charge < -0.3 is 20.3 Å². The van der Waals surface area contributed by atoms with Gasteiger partial charge in [-0.1, -0.05) is 31.6 Å². The number of amides is 3. The van der Waals surface area contributed by atoms with Crippen LogP contribution in [0, 0.1) is 5.92 Å². The Balaban J connectivity index is 1.64. The van der Waals surface area contributed by atoms with Crippen LogP contribution in [0.25, 0.3) is 10.6 Å². The van der Waals surface area contributed by atoms with Gasteiger partial charge in [-0.2, -0.15) is 0 Å². The number of urea groups is 1. The Labute approximate surface area is 209 Å². The third-order valence-electron chi connectivity index (χ3n) is 5.49. The van der Waals surface area contributed by atoms with Crippen LogP contribution < -0.4 is 25.6 Å². The molecule has 0 fully saturated rings. The highest BCUT2D eigenvalue weighted by Crippen LogP contribution is 2.28. The molecule has 0 aliphatic heterocycles. The van der Waals surface area contributed by atoms with Gasteiger partial charge in [0.05, 0.1) is 6.61 Å². The number of nitrogens with one attached hydrogen (secondary N) is 3. The smallest absolute Gasteiger partial charge is 0.319 e. The van der Waals surface area contributed by atoms with Crippen LogP contribution in [0.1, 0.15) is 27.2 Å². The number of benzene rings is 2. The lowest BCUT2D eigenvalue weighted by molar-refractivity contribution is -0.119. The number of anilines is 3. The lowest BCUT2D eigenvalue weighted by atomic mass is 9.98. The van der Waals surface area contributed by atoms with E-state index in [1.54, 1.807) is 24.3 Å². The minimum Gasteiger partial charge on any atom is -0.494 e. The van der Waals surface area contributed by atoms with Gasteiger partial charge in [0.2, 0.25) is 11.0 Å². The Kier molecular flexibility index (Phi) is 9.02. The molecule has 0 aliphatic rings. The van der Waals surface area contributed by atoms with Crippen LogP contribution in [0.3, 0.4) is 0 Å². The molecule has 2 atom stereocenters. The number of hydrogen-bond acceptors (Lipinski definition) is 7.